The summed E-state index contributed by atoms with van der Waals surface area (Å²) in [6, 6.07) is 6.44. The van der Waals surface area contributed by atoms with Gasteiger partial charge in [0.25, 0.3) is 0 Å². The average molecular weight is 307 g/mol. The molecule has 0 aliphatic carbocycles. The first kappa shape index (κ1) is 16.9. The van der Waals surface area contributed by atoms with E-state index in [2.05, 4.69) is 11.8 Å². The molecule has 4 nitrogen and oxygen atoms in total. The Balaban J connectivity index is 1.93. The Labute approximate surface area is 132 Å². The third-order valence-corrected chi connectivity index (χ3v) is 4.51. The quantitative estimate of drug-likeness (QED) is 0.926. The first-order chi connectivity index (χ1) is 10.4. The molecule has 2 N–H and O–H groups in total. The number of rotatable bonds is 4. The molecule has 1 fully saturated rings. The smallest absolute Gasteiger partial charge is 0.239 e. The number of amides is 1. The van der Waals surface area contributed by atoms with E-state index in [0.717, 1.165) is 18.7 Å². The van der Waals surface area contributed by atoms with Crippen LogP contribution in [0.15, 0.2) is 24.3 Å². The fourth-order valence-electron chi connectivity index (χ4n) is 2.80. The number of carbonyl (C=O) groups excluding carboxylic acids is 1. The lowest BCUT2D eigenvalue weighted by atomic mass is 10.0. The van der Waals surface area contributed by atoms with E-state index < -0.39 is 6.04 Å². The molecule has 1 saturated heterocycles. The van der Waals surface area contributed by atoms with E-state index in [1.54, 1.807) is 12.1 Å². The van der Waals surface area contributed by atoms with E-state index in [1.165, 1.54) is 6.07 Å². The Hall–Kier alpha value is -1.46. The van der Waals surface area contributed by atoms with Crippen molar-refractivity contribution >= 4 is 5.91 Å². The lowest BCUT2D eigenvalue weighted by molar-refractivity contribution is -0.135. The van der Waals surface area contributed by atoms with Crippen molar-refractivity contribution in [2.45, 2.75) is 32.9 Å². The van der Waals surface area contributed by atoms with Crippen LogP contribution in [0, 0.1) is 11.7 Å². The fourth-order valence-corrected chi connectivity index (χ4v) is 2.80. The summed E-state index contributed by atoms with van der Waals surface area (Å²) in [7, 11) is 0. The molecule has 2 atom stereocenters. The molecule has 0 saturated carbocycles. The molecule has 0 aromatic heterocycles. The molecule has 2 rings (SSSR count). The number of nitrogens with two attached hydrogens (primary N) is 1. The molecule has 1 aromatic carbocycles. The minimum absolute atomic E-state index is 0.0352. The predicted octanol–water partition coefficient (Wildman–Crippen LogP) is 2.01. The van der Waals surface area contributed by atoms with Crippen molar-refractivity contribution in [2.75, 3.05) is 26.2 Å². The minimum atomic E-state index is -0.424. The number of nitrogens with zero attached hydrogens (tertiary/aromatic N) is 2. The molecule has 5 heteroatoms. The number of carbonyl (C=O) groups is 1. The summed E-state index contributed by atoms with van der Waals surface area (Å²) < 4.78 is 13.3. The van der Waals surface area contributed by atoms with Gasteiger partial charge in [0.1, 0.15) is 5.82 Å². The Morgan fingerprint density at radius 1 is 1.18 bits per heavy atom. The van der Waals surface area contributed by atoms with Gasteiger partial charge in [-0.1, -0.05) is 26.0 Å². The van der Waals surface area contributed by atoms with E-state index in [9.17, 15) is 9.18 Å². The second-order valence-corrected chi connectivity index (χ2v) is 6.36. The van der Waals surface area contributed by atoms with Crippen molar-refractivity contribution in [3.05, 3.63) is 35.6 Å². The highest BCUT2D eigenvalue weighted by Gasteiger charge is 2.28. The molecule has 1 aliphatic rings. The zero-order chi connectivity index (χ0) is 16.3. The van der Waals surface area contributed by atoms with E-state index in [0.29, 0.717) is 13.1 Å². The van der Waals surface area contributed by atoms with Crippen LogP contribution in [0.2, 0.25) is 0 Å². The van der Waals surface area contributed by atoms with Gasteiger partial charge in [-0.3, -0.25) is 9.69 Å². The van der Waals surface area contributed by atoms with Crippen LogP contribution in [0.5, 0.6) is 0 Å². The third-order valence-electron chi connectivity index (χ3n) is 4.51. The zero-order valence-electron chi connectivity index (χ0n) is 13.6. The molecule has 0 spiro atoms. The summed E-state index contributed by atoms with van der Waals surface area (Å²) in [5, 5.41) is 0. The minimum Gasteiger partial charge on any atom is -0.339 e. The second-order valence-electron chi connectivity index (χ2n) is 6.36. The van der Waals surface area contributed by atoms with Gasteiger partial charge in [-0.05, 0) is 30.5 Å². The van der Waals surface area contributed by atoms with Crippen LogP contribution in [0.3, 0.4) is 0 Å². The van der Waals surface area contributed by atoms with Crippen molar-refractivity contribution < 1.29 is 9.18 Å². The van der Waals surface area contributed by atoms with Gasteiger partial charge in [0.05, 0.1) is 6.04 Å². The van der Waals surface area contributed by atoms with Gasteiger partial charge < -0.3 is 10.6 Å². The fraction of sp³-hybridized carbons (Fsp3) is 0.588. The van der Waals surface area contributed by atoms with Gasteiger partial charge in [0, 0.05) is 32.2 Å². The normalized spacial score (nSPS) is 19.3. The standard InChI is InChI=1S/C17H26FN3O/c1-12(2)16(19)17(22)21-9-7-20(8-10-21)13(3)14-5-4-6-15(18)11-14/h4-6,11-13,16H,7-10,19H2,1-3H3/t13?,16-/m0/s1. The number of benzene rings is 1. The van der Waals surface area contributed by atoms with E-state index in [-0.39, 0.29) is 23.7 Å². The molecule has 22 heavy (non-hydrogen) atoms. The van der Waals surface area contributed by atoms with Gasteiger partial charge in [-0.15, -0.1) is 0 Å². The molecule has 1 amide bonds. The van der Waals surface area contributed by atoms with Crippen LogP contribution in [0.25, 0.3) is 0 Å². The Morgan fingerprint density at radius 2 is 1.82 bits per heavy atom. The summed E-state index contributed by atoms with van der Waals surface area (Å²) in [5.74, 6) is -0.0223. The Morgan fingerprint density at radius 3 is 2.36 bits per heavy atom. The van der Waals surface area contributed by atoms with Gasteiger partial charge in [-0.25, -0.2) is 4.39 Å². The van der Waals surface area contributed by atoms with Crippen molar-refractivity contribution in [3.63, 3.8) is 0 Å². The highest BCUT2D eigenvalue weighted by molar-refractivity contribution is 5.82. The lowest BCUT2D eigenvalue weighted by Crippen LogP contribution is -2.54. The van der Waals surface area contributed by atoms with E-state index >= 15 is 0 Å². The predicted molar refractivity (Wildman–Crippen MR) is 85.8 cm³/mol. The molecule has 0 radical (unpaired) electrons. The van der Waals surface area contributed by atoms with Crippen molar-refractivity contribution in [1.29, 1.82) is 0 Å². The second kappa shape index (κ2) is 7.20. The third kappa shape index (κ3) is 3.84. The van der Waals surface area contributed by atoms with E-state index in [1.807, 2.05) is 24.8 Å². The topological polar surface area (TPSA) is 49.6 Å². The van der Waals surface area contributed by atoms with Crippen molar-refractivity contribution in [1.82, 2.24) is 9.80 Å². The highest BCUT2D eigenvalue weighted by Crippen LogP contribution is 2.22. The summed E-state index contributed by atoms with van der Waals surface area (Å²) in [5.41, 5.74) is 6.92. The molecule has 122 valence electrons. The number of hydrogen-bond acceptors (Lipinski definition) is 3. The van der Waals surface area contributed by atoms with Crippen LogP contribution >= 0.6 is 0 Å². The zero-order valence-corrected chi connectivity index (χ0v) is 13.6. The van der Waals surface area contributed by atoms with Gasteiger partial charge in [0.2, 0.25) is 5.91 Å². The molecule has 1 heterocycles. The summed E-state index contributed by atoms with van der Waals surface area (Å²) in [4.78, 5) is 16.4. The first-order valence-electron chi connectivity index (χ1n) is 7.94. The maximum absolute atomic E-state index is 13.3. The lowest BCUT2D eigenvalue weighted by Gasteiger charge is -2.39. The van der Waals surface area contributed by atoms with E-state index in [4.69, 9.17) is 5.73 Å². The molecule has 1 aromatic rings. The summed E-state index contributed by atoms with van der Waals surface area (Å²) >= 11 is 0. The van der Waals surface area contributed by atoms with Gasteiger partial charge in [0.15, 0.2) is 0 Å². The molecular formula is C17H26FN3O. The molecule has 1 aliphatic heterocycles. The summed E-state index contributed by atoms with van der Waals surface area (Å²) in [6.45, 7) is 8.93. The monoisotopic (exact) mass is 307 g/mol. The largest absolute Gasteiger partial charge is 0.339 e. The van der Waals surface area contributed by atoms with Crippen LogP contribution in [0.1, 0.15) is 32.4 Å². The highest BCUT2D eigenvalue weighted by atomic mass is 19.1. The summed E-state index contributed by atoms with van der Waals surface area (Å²) in [6.07, 6.45) is 0. The van der Waals surface area contributed by atoms with Gasteiger partial charge >= 0.3 is 0 Å². The van der Waals surface area contributed by atoms with Crippen LogP contribution in [-0.4, -0.2) is 47.9 Å². The van der Waals surface area contributed by atoms with Crippen molar-refractivity contribution in [3.8, 4) is 0 Å². The number of piperazine rings is 1. The number of hydrogen-bond donors (Lipinski definition) is 1. The maximum atomic E-state index is 13.3. The van der Waals surface area contributed by atoms with Gasteiger partial charge in [-0.2, -0.15) is 0 Å². The number of halogens is 1. The molecule has 0 bridgehead atoms. The van der Waals surface area contributed by atoms with Crippen molar-refractivity contribution in [2.24, 2.45) is 11.7 Å². The Kier molecular flexibility index (Phi) is 5.53. The van der Waals surface area contributed by atoms with Crippen LogP contribution in [-0.2, 0) is 4.79 Å². The average Bonchev–Trinajstić information content (AvgIpc) is 2.52. The Bertz CT molecular complexity index is 512. The SMILES string of the molecule is CC(C)[C@H](N)C(=O)N1CCN(C(C)c2cccc(F)c2)CC1. The molecule has 1 unspecified atom stereocenters. The molecular weight excluding hydrogens is 281 g/mol. The maximum Gasteiger partial charge on any atom is 0.239 e. The van der Waals surface area contributed by atoms with Crippen LogP contribution in [0.4, 0.5) is 4.39 Å². The van der Waals surface area contributed by atoms with Crippen LogP contribution < -0.4 is 5.73 Å². The first-order valence-corrected chi connectivity index (χ1v) is 7.94.